The van der Waals surface area contributed by atoms with Gasteiger partial charge in [-0.3, -0.25) is 4.99 Å². The van der Waals surface area contributed by atoms with Gasteiger partial charge in [0.15, 0.2) is 0 Å². The van der Waals surface area contributed by atoms with E-state index in [0.29, 0.717) is 5.75 Å². The Bertz CT molecular complexity index is 926. The van der Waals surface area contributed by atoms with Crippen molar-refractivity contribution in [2.24, 2.45) is 4.99 Å². The number of aliphatic imine (C=N–C) groups is 1. The summed E-state index contributed by atoms with van der Waals surface area (Å²) in [7, 11) is 0. The van der Waals surface area contributed by atoms with Crippen LogP contribution in [0.4, 0.5) is 11.4 Å². The third-order valence-electron chi connectivity index (χ3n) is 4.40. The first-order valence-electron chi connectivity index (χ1n) is 9.10. The maximum absolute atomic E-state index is 11.9. The van der Waals surface area contributed by atoms with Crippen LogP contribution in [-0.2, 0) is 4.74 Å². The molecule has 1 aliphatic heterocycles. The lowest BCUT2D eigenvalue weighted by Crippen LogP contribution is -2.36. The maximum Gasteiger partial charge on any atom is 0.379 e. The van der Waals surface area contributed by atoms with Crippen molar-refractivity contribution in [2.45, 2.75) is 0 Å². The van der Waals surface area contributed by atoms with Crippen LogP contribution in [0, 0.1) is 0 Å². The number of anilines is 1. The van der Waals surface area contributed by atoms with E-state index in [2.05, 4.69) is 22.0 Å². The first-order chi connectivity index (χ1) is 13.8. The second-order valence-electron chi connectivity index (χ2n) is 6.31. The van der Waals surface area contributed by atoms with Crippen LogP contribution >= 0.6 is 0 Å². The highest BCUT2D eigenvalue weighted by Gasteiger charge is 2.11. The van der Waals surface area contributed by atoms with Gasteiger partial charge in [-0.2, -0.15) is 0 Å². The van der Waals surface area contributed by atoms with E-state index in [4.69, 9.17) is 13.9 Å². The third-order valence-corrected chi connectivity index (χ3v) is 4.40. The monoisotopic (exact) mass is 376 g/mol. The Morgan fingerprint density at radius 1 is 1.00 bits per heavy atom. The number of benzene rings is 2. The molecule has 2 heterocycles. The summed E-state index contributed by atoms with van der Waals surface area (Å²) in [5.74, 6) is 0.103. The van der Waals surface area contributed by atoms with Crippen molar-refractivity contribution in [2.75, 3.05) is 31.2 Å². The van der Waals surface area contributed by atoms with E-state index < -0.39 is 5.97 Å². The largest absolute Gasteiger partial charge is 0.457 e. The van der Waals surface area contributed by atoms with Crippen LogP contribution in [0.2, 0.25) is 0 Å². The normalized spacial score (nSPS) is 14.4. The van der Waals surface area contributed by atoms with Crippen LogP contribution in [0.25, 0.3) is 0 Å². The topological polar surface area (TPSA) is 64.3 Å². The molecule has 0 atom stereocenters. The first kappa shape index (κ1) is 18.0. The van der Waals surface area contributed by atoms with Gasteiger partial charge in [-0.15, -0.1) is 0 Å². The summed E-state index contributed by atoms with van der Waals surface area (Å²) in [4.78, 5) is 18.7. The van der Waals surface area contributed by atoms with Crippen LogP contribution in [0.1, 0.15) is 16.1 Å². The number of carbonyl (C=O) groups excluding carboxylic acids is 1. The number of hydrogen-bond acceptors (Lipinski definition) is 6. The molecular weight excluding hydrogens is 356 g/mol. The van der Waals surface area contributed by atoms with Gasteiger partial charge >= 0.3 is 5.97 Å². The third kappa shape index (κ3) is 4.47. The van der Waals surface area contributed by atoms with Crippen molar-refractivity contribution in [1.29, 1.82) is 0 Å². The second kappa shape index (κ2) is 8.54. The average Bonchev–Trinajstić information content (AvgIpc) is 3.29. The lowest BCUT2D eigenvalue weighted by molar-refractivity contribution is 0.0701. The molecule has 0 radical (unpaired) electrons. The zero-order valence-corrected chi connectivity index (χ0v) is 15.3. The summed E-state index contributed by atoms with van der Waals surface area (Å²) in [6, 6.07) is 18.5. The van der Waals surface area contributed by atoms with Gasteiger partial charge in [0, 0.05) is 25.0 Å². The number of rotatable bonds is 5. The summed E-state index contributed by atoms with van der Waals surface area (Å²) < 4.78 is 15.7. The lowest BCUT2D eigenvalue weighted by atomic mass is 10.2. The number of hydrogen-bond donors (Lipinski definition) is 0. The number of morpholine rings is 1. The molecule has 0 N–H and O–H groups in total. The molecule has 28 heavy (non-hydrogen) atoms. The summed E-state index contributed by atoms with van der Waals surface area (Å²) in [6.07, 6.45) is 3.21. The number of ether oxygens (including phenoxy) is 2. The predicted octanol–water partition coefficient (Wildman–Crippen LogP) is 4.09. The SMILES string of the molecule is O=C(Oc1ccc(C=Nc2ccc(N3CCOCC3)cc2)cc1)c1ccco1. The van der Waals surface area contributed by atoms with E-state index in [9.17, 15) is 4.79 Å². The molecule has 4 rings (SSSR count). The zero-order valence-electron chi connectivity index (χ0n) is 15.3. The number of furan rings is 1. The van der Waals surface area contributed by atoms with Gasteiger partial charge < -0.3 is 18.8 Å². The number of nitrogens with zero attached hydrogens (tertiary/aromatic N) is 2. The molecule has 0 unspecified atom stereocenters. The Kier molecular flexibility index (Phi) is 5.49. The number of carbonyl (C=O) groups is 1. The molecule has 6 heteroatoms. The summed E-state index contributed by atoms with van der Waals surface area (Å²) in [6.45, 7) is 3.37. The van der Waals surface area contributed by atoms with Crippen molar-refractivity contribution in [1.82, 2.24) is 0 Å². The van der Waals surface area contributed by atoms with Gasteiger partial charge in [0.05, 0.1) is 25.2 Å². The second-order valence-corrected chi connectivity index (χ2v) is 6.31. The molecule has 1 aromatic heterocycles. The van der Waals surface area contributed by atoms with Gasteiger partial charge in [0.25, 0.3) is 0 Å². The molecule has 3 aromatic rings. The molecule has 0 aliphatic carbocycles. The molecule has 6 nitrogen and oxygen atoms in total. The predicted molar refractivity (Wildman–Crippen MR) is 107 cm³/mol. The summed E-state index contributed by atoms with van der Waals surface area (Å²) in [5, 5.41) is 0. The minimum Gasteiger partial charge on any atom is -0.457 e. The molecule has 0 bridgehead atoms. The fourth-order valence-electron chi connectivity index (χ4n) is 2.89. The van der Waals surface area contributed by atoms with E-state index >= 15 is 0 Å². The Balaban J connectivity index is 1.36. The molecular formula is C22H20N2O4. The van der Waals surface area contributed by atoms with Crippen LogP contribution in [-0.4, -0.2) is 38.5 Å². The Morgan fingerprint density at radius 3 is 2.43 bits per heavy atom. The van der Waals surface area contributed by atoms with Crippen LogP contribution in [0.5, 0.6) is 5.75 Å². The lowest BCUT2D eigenvalue weighted by Gasteiger charge is -2.28. The molecule has 0 saturated carbocycles. The highest BCUT2D eigenvalue weighted by molar-refractivity contribution is 5.88. The van der Waals surface area contributed by atoms with Gasteiger partial charge in [0.1, 0.15) is 5.75 Å². The van der Waals surface area contributed by atoms with Crippen LogP contribution in [0.15, 0.2) is 76.3 Å². The fourth-order valence-corrected chi connectivity index (χ4v) is 2.89. The van der Waals surface area contributed by atoms with Crippen LogP contribution < -0.4 is 9.64 Å². The van der Waals surface area contributed by atoms with Crippen LogP contribution in [0.3, 0.4) is 0 Å². The molecule has 0 spiro atoms. The minimum absolute atomic E-state index is 0.172. The Hall–Kier alpha value is -3.38. The number of esters is 1. The first-order valence-corrected chi connectivity index (χ1v) is 9.10. The fraction of sp³-hybridized carbons (Fsp3) is 0.182. The smallest absolute Gasteiger partial charge is 0.379 e. The van der Waals surface area contributed by atoms with Crippen molar-refractivity contribution < 1.29 is 18.7 Å². The minimum atomic E-state index is -0.522. The summed E-state index contributed by atoms with van der Waals surface area (Å²) >= 11 is 0. The van der Waals surface area contributed by atoms with Crippen molar-refractivity contribution in [3.05, 3.63) is 78.3 Å². The Morgan fingerprint density at radius 2 is 1.75 bits per heavy atom. The molecule has 1 fully saturated rings. The maximum atomic E-state index is 11.9. The zero-order chi connectivity index (χ0) is 19.2. The average molecular weight is 376 g/mol. The quantitative estimate of drug-likeness (QED) is 0.381. The summed E-state index contributed by atoms with van der Waals surface area (Å²) in [5.41, 5.74) is 2.98. The highest BCUT2D eigenvalue weighted by Crippen LogP contribution is 2.21. The molecule has 1 saturated heterocycles. The van der Waals surface area contributed by atoms with E-state index in [0.717, 1.165) is 37.6 Å². The molecule has 1 aliphatic rings. The van der Waals surface area contributed by atoms with E-state index in [-0.39, 0.29) is 5.76 Å². The van der Waals surface area contributed by atoms with Crippen molar-refractivity contribution in [3.8, 4) is 5.75 Å². The van der Waals surface area contributed by atoms with Gasteiger partial charge in [-0.1, -0.05) is 0 Å². The highest BCUT2D eigenvalue weighted by atomic mass is 16.5. The van der Waals surface area contributed by atoms with Crippen molar-refractivity contribution >= 4 is 23.6 Å². The van der Waals surface area contributed by atoms with Crippen molar-refractivity contribution in [3.63, 3.8) is 0 Å². The molecule has 0 amide bonds. The standard InChI is InChI=1S/C22H20N2O4/c25-22(21-2-1-13-27-21)28-20-9-3-17(4-10-20)16-23-18-5-7-19(8-6-18)24-11-14-26-15-12-24/h1-10,13,16H,11-12,14-15H2. The van der Waals surface area contributed by atoms with Gasteiger partial charge in [-0.25, -0.2) is 4.79 Å². The van der Waals surface area contributed by atoms with E-state index in [1.165, 1.54) is 12.0 Å². The molecule has 2 aromatic carbocycles. The van der Waals surface area contributed by atoms with Gasteiger partial charge in [0.2, 0.25) is 5.76 Å². The van der Waals surface area contributed by atoms with Gasteiger partial charge in [-0.05, 0) is 66.2 Å². The van der Waals surface area contributed by atoms with E-state index in [1.54, 1.807) is 30.5 Å². The molecule has 142 valence electrons. The van der Waals surface area contributed by atoms with E-state index in [1.807, 2.05) is 24.3 Å². The Labute approximate surface area is 163 Å².